The minimum atomic E-state index is -0.335. The SMILES string of the molecule is O=C1C(=Cc2nc3oc(-c4ccccc4)nc3o2)C(=O)c2ccccc21. The van der Waals surface area contributed by atoms with Crippen molar-refractivity contribution >= 4 is 29.1 Å². The summed E-state index contributed by atoms with van der Waals surface area (Å²) in [5.74, 6) is -0.168. The van der Waals surface area contributed by atoms with Crippen molar-refractivity contribution in [3.8, 4) is 11.5 Å². The Hall–Kier alpha value is -3.80. The molecule has 2 aromatic heterocycles. The van der Waals surface area contributed by atoms with E-state index < -0.39 is 0 Å². The van der Waals surface area contributed by atoms with Crippen LogP contribution in [0.2, 0.25) is 0 Å². The second-order valence-corrected chi connectivity index (χ2v) is 5.81. The van der Waals surface area contributed by atoms with Crippen LogP contribution in [0.5, 0.6) is 0 Å². The number of rotatable bonds is 2. The van der Waals surface area contributed by atoms with Crippen molar-refractivity contribution in [2.75, 3.05) is 0 Å². The monoisotopic (exact) mass is 342 g/mol. The Kier molecular flexibility index (Phi) is 2.99. The van der Waals surface area contributed by atoms with E-state index in [0.717, 1.165) is 5.56 Å². The molecule has 2 heterocycles. The molecule has 0 fully saturated rings. The molecule has 0 saturated heterocycles. The molecule has 0 bridgehead atoms. The molecule has 6 heteroatoms. The van der Waals surface area contributed by atoms with E-state index >= 15 is 0 Å². The minimum absolute atomic E-state index is 0.0263. The lowest BCUT2D eigenvalue weighted by Gasteiger charge is -1.92. The summed E-state index contributed by atoms with van der Waals surface area (Å²) < 4.78 is 11.1. The number of carbonyl (C=O) groups excluding carboxylic acids is 2. The Morgan fingerprint density at radius 3 is 2.00 bits per heavy atom. The Balaban J connectivity index is 1.53. The van der Waals surface area contributed by atoms with Gasteiger partial charge in [0, 0.05) is 22.8 Å². The fraction of sp³-hybridized carbons (Fsp3) is 0. The molecule has 0 spiro atoms. The first-order chi connectivity index (χ1) is 12.7. The van der Waals surface area contributed by atoms with Crippen LogP contribution in [-0.4, -0.2) is 21.5 Å². The highest BCUT2D eigenvalue weighted by Gasteiger charge is 2.33. The van der Waals surface area contributed by atoms with Gasteiger partial charge in [0.25, 0.3) is 11.4 Å². The lowest BCUT2D eigenvalue weighted by atomic mass is 10.1. The first-order valence-corrected chi connectivity index (χ1v) is 7.93. The Morgan fingerprint density at radius 1 is 0.731 bits per heavy atom. The van der Waals surface area contributed by atoms with E-state index in [1.807, 2.05) is 30.3 Å². The Morgan fingerprint density at radius 2 is 1.35 bits per heavy atom. The minimum Gasteiger partial charge on any atom is -0.415 e. The van der Waals surface area contributed by atoms with E-state index in [4.69, 9.17) is 8.83 Å². The van der Waals surface area contributed by atoms with Gasteiger partial charge in [0.2, 0.25) is 11.8 Å². The molecule has 2 aromatic carbocycles. The first-order valence-electron chi connectivity index (χ1n) is 7.93. The number of carbonyl (C=O) groups is 2. The highest BCUT2D eigenvalue weighted by atomic mass is 16.4. The van der Waals surface area contributed by atoms with E-state index in [1.54, 1.807) is 24.3 Å². The summed E-state index contributed by atoms with van der Waals surface area (Å²) in [6.07, 6.45) is 1.34. The van der Waals surface area contributed by atoms with Gasteiger partial charge in [0.1, 0.15) is 0 Å². The van der Waals surface area contributed by atoms with Crippen molar-refractivity contribution in [1.82, 2.24) is 9.97 Å². The number of benzene rings is 2. The molecule has 6 nitrogen and oxygen atoms in total. The molecule has 0 unspecified atom stereocenters. The smallest absolute Gasteiger partial charge is 0.288 e. The van der Waals surface area contributed by atoms with Gasteiger partial charge in [-0.1, -0.05) is 42.5 Å². The van der Waals surface area contributed by atoms with Crippen LogP contribution < -0.4 is 0 Å². The lowest BCUT2D eigenvalue weighted by Crippen LogP contribution is -2.00. The summed E-state index contributed by atoms with van der Waals surface area (Å²) in [6, 6.07) is 16.1. The third-order valence-corrected chi connectivity index (χ3v) is 4.19. The summed E-state index contributed by atoms with van der Waals surface area (Å²) >= 11 is 0. The number of hydrogen-bond donors (Lipinski definition) is 0. The summed E-state index contributed by atoms with van der Waals surface area (Å²) in [5.41, 5.74) is 2.04. The van der Waals surface area contributed by atoms with Gasteiger partial charge >= 0.3 is 0 Å². The van der Waals surface area contributed by atoms with Crippen LogP contribution in [0.3, 0.4) is 0 Å². The fourth-order valence-electron chi connectivity index (χ4n) is 2.95. The van der Waals surface area contributed by atoms with E-state index in [-0.39, 0.29) is 34.5 Å². The lowest BCUT2D eigenvalue weighted by molar-refractivity contribution is 0.0990. The van der Waals surface area contributed by atoms with Crippen molar-refractivity contribution in [3.05, 3.63) is 77.2 Å². The van der Waals surface area contributed by atoms with Crippen LogP contribution in [0.25, 0.3) is 29.0 Å². The maximum Gasteiger partial charge on any atom is 0.288 e. The zero-order chi connectivity index (χ0) is 17.7. The van der Waals surface area contributed by atoms with Gasteiger partial charge < -0.3 is 8.83 Å². The van der Waals surface area contributed by atoms with E-state index in [1.165, 1.54) is 6.08 Å². The Labute approximate surface area is 146 Å². The first kappa shape index (κ1) is 14.5. The quantitative estimate of drug-likeness (QED) is 0.405. The number of nitrogens with zero attached hydrogens (tertiary/aromatic N) is 2. The molecule has 0 atom stereocenters. The predicted molar refractivity (Wildman–Crippen MR) is 92.6 cm³/mol. The van der Waals surface area contributed by atoms with Crippen LogP contribution in [0.4, 0.5) is 0 Å². The average molecular weight is 342 g/mol. The molecule has 1 aliphatic carbocycles. The maximum absolute atomic E-state index is 12.4. The number of ketones is 2. The normalized spacial score (nSPS) is 13.5. The molecule has 0 aliphatic heterocycles. The second kappa shape index (κ2) is 5.35. The molecule has 124 valence electrons. The van der Waals surface area contributed by atoms with Crippen molar-refractivity contribution < 1.29 is 18.4 Å². The number of aromatic nitrogens is 2. The summed E-state index contributed by atoms with van der Waals surface area (Å²) in [6.45, 7) is 0. The zero-order valence-electron chi connectivity index (χ0n) is 13.3. The predicted octanol–water partition coefficient (Wildman–Crippen LogP) is 3.95. The molecule has 1 aliphatic rings. The average Bonchev–Trinajstić information content (AvgIpc) is 3.30. The van der Waals surface area contributed by atoms with Crippen molar-refractivity contribution in [2.24, 2.45) is 0 Å². The van der Waals surface area contributed by atoms with Gasteiger partial charge in [0.05, 0.1) is 5.57 Å². The second-order valence-electron chi connectivity index (χ2n) is 5.81. The molecule has 4 aromatic rings. The van der Waals surface area contributed by atoms with Gasteiger partial charge in [-0.05, 0) is 12.1 Å². The van der Waals surface area contributed by atoms with E-state index in [2.05, 4.69) is 9.97 Å². The van der Waals surface area contributed by atoms with Crippen LogP contribution >= 0.6 is 0 Å². The molecular weight excluding hydrogens is 332 g/mol. The molecule has 5 rings (SSSR count). The number of fused-ring (bicyclic) bond motifs is 2. The topological polar surface area (TPSA) is 86.2 Å². The molecule has 0 N–H and O–H groups in total. The summed E-state index contributed by atoms with van der Waals surface area (Å²) in [4.78, 5) is 33.3. The highest BCUT2D eigenvalue weighted by Crippen LogP contribution is 2.29. The van der Waals surface area contributed by atoms with E-state index in [9.17, 15) is 9.59 Å². The van der Waals surface area contributed by atoms with Crippen LogP contribution in [0.15, 0.2) is 69.0 Å². The van der Waals surface area contributed by atoms with Crippen molar-refractivity contribution in [3.63, 3.8) is 0 Å². The number of hydrogen-bond acceptors (Lipinski definition) is 6. The standard InChI is InChI=1S/C20H10N2O4/c23-16-12-8-4-5-9-13(12)17(24)14(16)10-15-21-19-20(25-15)22-18(26-19)11-6-2-1-3-7-11/h1-10H. The highest BCUT2D eigenvalue weighted by molar-refractivity contribution is 6.41. The van der Waals surface area contributed by atoms with Crippen molar-refractivity contribution in [1.29, 1.82) is 0 Å². The molecule has 0 radical (unpaired) electrons. The Bertz CT molecular complexity index is 1150. The van der Waals surface area contributed by atoms with Gasteiger partial charge in [-0.3, -0.25) is 9.59 Å². The fourth-order valence-corrected chi connectivity index (χ4v) is 2.95. The maximum atomic E-state index is 12.4. The molecule has 26 heavy (non-hydrogen) atoms. The molecule has 0 amide bonds. The van der Waals surface area contributed by atoms with Crippen LogP contribution in [-0.2, 0) is 0 Å². The van der Waals surface area contributed by atoms with Gasteiger partial charge in [-0.25, -0.2) is 0 Å². The van der Waals surface area contributed by atoms with Crippen LogP contribution in [0, 0.1) is 0 Å². The number of Topliss-reactive ketones (excluding diaryl/α,β-unsaturated/α-hetero) is 2. The third kappa shape index (κ3) is 2.12. The summed E-state index contributed by atoms with van der Waals surface area (Å²) in [5, 5.41) is 0. The molecular formula is C20H10N2O4. The third-order valence-electron chi connectivity index (χ3n) is 4.19. The van der Waals surface area contributed by atoms with Gasteiger partial charge in [0.15, 0.2) is 11.6 Å². The number of allylic oxidation sites excluding steroid dienone is 1. The number of oxazole rings is 2. The molecule has 0 saturated carbocycles. The van der Waals surface area contributed by atoms with Crippen LogP contribution in [0.1, 0.15) is 26.6 Å². The largest absolute Gasteiger partial charge is 0.415 e. The summed E-state index contributed by atoms with van der Waals surface area (Å²) in [7, 11) is 0. The van der Waals surface area contributed by atoms with E-state index in [0.29, 0.717) is 17.0 Å². The van der Waals surface area contributed by atoms with Gasteiger partial charge in [-0.2, -0.15) is 9.97 Å². The zero-order valence-corrected chi connectivity index (χ0v) is 13.3. The van der Waals surface area contributed by atoms with Crippen molar-refractivity contribution in [2.45, 2.75) is 0 Å². The van der Waals surface area contributed by atoms with Gasteiger partial charge in [-0.15, -0.1) is 0 Å².